The Morgan fingerprint density at radius 2 is 1.76 bits per heavy atom. The van der Waals surface area contributed by atoms with Crippen LogP contribution in [0.5, 0.6) is 0 Å². The van der Waals surface area contributed by atoms with Gasteiger partial charge in [0, 0.05) is 22.5 Å². The fraction of sp³-hybridized carbons (Fsp3) is 0.130. The molecule has 0 amide bonds. The van der Waals surface area contributed by atoms with Gasteiger partial charge < -0.3 is 15.8 Å². The van der Waals surface area contributed by atoms with Crippen LogP contribution in [-0.4, -0.2) is 24.0 Å². The van der Waals surface area contributed by atoms with Crippen molar-refractivity contribution in [1.82, 2.24) is 5.12 Å². The zero-order valence-electron chi connectivity index (χ0n) is 17.9. The molecule has 7 nitrogen and oxygen atoms in total. The molecule has 0 aliphatic rings. The number of hydrazine groups is 1. The molecule has 0 saturated heterocycles. The number of ether oxygens (including phenoxy) is 1. The van der Waals surface area contributed by atoms with Crippen LogP contribution in [0, 0.1) is 5.82 Å². The Balaban J connectivity index is 1.92. The van der Waals surface area contributed by atoms with Crippen molar-refractivity contribution in [2.45, 2.75) is 12.7 Å². The zero-order valence-corrected chi connectivity index (χ0v) is 17.9. The molecule has 0 saturated carbocycles. The fourth-order valence-corrected chi connectivity index (χ4v) is 3.04. The van der Waals surface area contributed by atoms with Crippen molar-refractivity contribution < 1.29 is 27.1 Å². The fourth-order valence-electron chi connectivity index (χ4n) is 3.04. The Bertz CT molecular complexity index is 1200. The number of alkyl halides is 3. The van der Waals surface area contributed by atoms with Crippen LogP contribution in [0.15, 0.2) is 71.8 Å². The number of benzene rings is 3. The molecule has 3 aromatic rings. The first-order chi connectivity index (χ1) is 16.1. The molecule has 0 heterocycles. The minimum absolute atomic E-state index is 0.0915. The van der Waals surface area contributed by atoms with Gasteiger partial charge in [-0.05, 0) is 48.5 Å². The van der Waals surface area contributed by atoms with Crippen LogP contribution in [0.2, 0.25) is 0 Å². The van der Waals surface area contributed by atoms with Gasteiger partial charge in [0.25, 0.3) is 0 Å². The van der Waals surface area contributed by atoms with E-state index in [1.54, 1.807) is 6.07 Å². The summed E-state index contributed by atoms with van der Waals surface area (Å²) in [5.74, 6) is 4.65. The highest BCUT2D eigenvalue weighted by Crippen LogP contribution is 2.31. The van der Waals surface area contributed by atoms with Gasteiger partial charge in [0.2, 0.25) is 0 Å². The number of hydrogen-bond acceptors (Lipinski definition) is 6. The molecule has 178 valence electrons. The number of nitrogens with two attached hydrogens (primary N) is 2. The van der Waals surface area contributed by atoms with Crippen LogP contribution in [0.3, 0.4) is 0 Å². The van der Waals surface area contributed by atoms with Crippen LogP contribution in [0.1, 0.15) is 27.0 Å². The van der Waals surface area contributed by atoms with Gasteiger partial charge in [-0.1, -0.05) is 18.2 Å². The summed E-state index contributed by atoms with van der Waals surface area (Å²) in [6, 6.07) is 14.7. The van der Waals surface area contributed by atoms with E-state index < -0.39 is 23.5 Å². The van der Waals surface area contributed by atoms with Crippen molar-refractivity contribution in [3.05, 3.63) is 94.8 Å². The monoisotopic (exact) mass is 475 g/mol. The van der Waals surface area contributed by atoms with Gasteiger partial charge in [0.15, 0.2) is 5.84 Å². The van der Waals surface area contributed by atoms with E-state index in [4.69, 9.17) is 16.3 Å². The van der Waals surface area contributed by atoms with Gasteiger partial charge in [-0.2, -0.15) is 13.2 Å². The molecule has 3 aromatic carbocycles. The average Bonchev–Trinajstić information content (AvgIpc) is 2.80. The molecule has 0 unspecified atom stereocenters. The lowest BCUT2D eigenvalue weighted by atomic mass is 10.1. The van der Waals surface area contributed by atoms with Crippen molar-refractivity contribution in [3.63, 3.8) is 0 Å². The maximum Gasteiger partial charge on any atom is 0.416 e. The van der Waals surface area contributed by atoms with Crippen LogP contribution < -0.4 is 16.9 Å². The maximum absolute atomic E-state index is 13.9. The van der Waals surface area contributed by atoms with E-state index in [2.05, 4.69) is 10.4 Å². The summed E-state index contributed by atoms with van der Waals surface area (Å²) in [6.07, 6.45) is -4.47. The third kappa shape index (κ3) is 6.01. The first-order valence-electron chi connectivity index (χ1n) is 9.85. The first-order valence-corrected chi connectivity index (χ1v) is 9.85. The Kier molecular flexibility index (Phi) is 7.37. The third-order valence-electron chi connectivity index (χ3n) is 4.73. The summed E-state index contributed by atoms with van der Waals surface area (Å²) in [7, 11) is 1.21. The molecular weight excluding hydrogens is 454 g/mol. The average molecular weight is 475 g/mol. The lowest BCUT2D eigenvalue weighted by Crippen LogP contribution is -2.30. The molecule has 34 heavy (non-hydrogen) atoms. The number of hydrazone groups is 1. The Morgan fingerprint density at radius 1 is 1.09 bits per heavy atom. The summed E-state index contributed by atoms with van der Waals surface area (Å²) < 4.78 is 57.1. The van der Waals surface area contributed by atoms with Crippen LogP contribution >= 0.6 is 0 Å². The summed E-state index contributed by atoms with van der Waals surface area (Å²) in [6.45, 7) is -0.0915. The second-order valence-electron chi connectivity index (χ2n) is 7.13. The van der Waals surface area contributed by atoms with Gasteiger partial charge in [-0.15, -0.1) is 5.10 Å². The summed E-state index contributed by atoms with van der Waals surface area (Å²) in [5.41, 5.74) is 6.68. The molecule has 3 rings (SSSR count). The van der Waals surface area contributed by atoms with E-state index in [1.165, 1.54) is 55.6 Å². The Hall–Kier alpha value is -4.12. The van der Waals surface area contributed by atoms with Crippen molar-refractivity contribution in [1.29, 1.82) is 0 Å². The summed E-state index contributed by atoms with van der Waals surface area (Å²) >= 11 is 0. The number of esters is 1. The number of methoxy groups -OCH3 is 1. The van der Waals surface area contributed by atoms with E-state index in [0.717, 1.165) is 17.3 Å². The number of carbonyl (C=O) groups excluding carboxylic acids is 1. The van der Waals surface area contributed by atoms with E-state index in [0.29, 0.717) is 11.4 Å². The SMILES string of the molecule is COC(=O)c1ccc(Nc2ccc(C(F)(F)F)cc2)c(/C(N)=N/N(N)Cc2ccccc2F)c1. The lowest BCUT2D eigenvalue weighted by molar-refractivity contribution is -0.137. The van der Waals surface area contributed by atoms with Gasteiger partial charge in [-0.25, -0.2) is 20.1 Å². The molecule has 0 bridgehead atoms. The molecule has 11 heteroatoms. The van der Waals surface area contributed by atoms with Gasteiger partial charge >= 0.3 is 12.1 Å². The van der Waals surface area contributed by atoms with Gasteiger partial charge in [-0.3, -0.25) is 0 Å². The highest BCUT2D eigenvalue weighted by Gasteiger charge is 2.30. The first kappa shape index (κ1) is 24.5. The standard InChI is InChI=1S/C23H21F4N5O2/c1-34-22(33)14-6-11-20(30-17-9-7-16(8-10-17)23(25,26)27)18(12-14)21(28)31-32(29)13-15-4-2-3-5-19(15)24/h2-12,30H,13,29H2,1H3,(H2,28,31). The second kappa shape index (κ2) is 10.2. The molecule has 0 aromatic heterocycles. The normalized spacial score (nSPS) is 11.8. The molecule has 0 spiro atoms. The minimum Gasteiger partial charge on any atom is -0.465 e. The molecular formula is C23H21F4N5O2. The number of nitrogens with zero attached hydrogens (tertiary/aromatic N) is 2. The van der Waals surface area contributed by atoms with Crippen molar-refractivity contribution in [3.8, 4) is 0 Å². The predicted octanol–water partition coefficient (Wildman–Crippen LogP) is 4.37. The number of carbonyl (C=O) groups is 1. The largest absolute Gasteiger partial charge is 0.465 e. The smallest absolute Gasteiger partial charge is 0.416 e. The topological polar surface area (TPSA) is 106 Å². The number of rotatable bonds is 7. The summed E-state index contributed by atoms with van der Waals surface area (Å²) in [4.78, 5) is 12.0. The van der Waals surface area contributed by atoms with E-state index in [9.17, 15) is 22.4 Å². The third-order valence-corrected chi connectivity index (χ3v) is 4.73. The van der Waals surface area contributed by atoms with E-state index >= 15 is 0 Å². The minimum atomic E-state index is -4.47. The molecule has 0 aliphatic heterocycles. The number of nitrogens with one attached hydrogen (secondary N) is 1. The maximum atomic E-state index is 13.9. The van der Waals surface area contributed by atoms with Crippen LogP contribution in [0.25, 0.3) is 0 Å². The second-order valence-corrected chi connectivity index (χ2v) is 7.13. The highest BCUT2D eigenvalue weighted by molar-refractivity contribution is 6.05. The Morgan fingerprint density at radius 3 is 2.38 bits per heavy atom. The number of halogens is 4. The van der Waals surface area contributed by atoms with E-state index in [-0.39, 0.29) is 29.1 Å². The van der Waals surface area contributed by atoms with Crippen molar-refractivity contribution in [2.75, 3.05) is 12.4 Å². The summed E-state index contributed by atoms with van der Waals surface area (Å²) in [5, 5.41) is 7.94. The van der Waals surface area contributed by atoms with Gasteiger partial charge in [0.05, 0.1) is 24.8 Å². The lowest BCUT2D eigenvalue weighted by Gasteiger charge is -2.17. The zero-order chi connectivity index (χ0) is 24.9. The van der Waals surface area contributed by atoms with Crippen molar-refractivity contribution >= 4 is 23.2 Å². The van der Waals surface area contributed by atoms with Gasteiger partial charge in [0.1, 0.15) is 5.82 Å². The molecule has 5 N–H and O–H groups in total. The number of hydrogen-bond donors (Lipinski definition) is 3. The van der Waals surface area contributed by atoms with Crippen LogP contribution in [-0.2, 0) is 17.5 Å². The Labute approximate surface area is 192 Å². The number of amidine groups is 1. The molecule has 0 atom stereocenters. The predicted molar refractivity (Wildman–Crippen MR) is 119 cm³/mol. The molecule has 0 fully saturated rings. The quantitative estimate of drug-likeness (QED) is 0.117. The molecule has 0 aliphatic carbocycles. The van der Waals surface area contributed by atoms with Crippen LogP contribution in [0.4, 0.5) is 28.9 Å². The van der Waals surface area contributed by atoms with E-state index in [1.807, 2.05) is 0 Å². The highest BCUT2D eigenvalue weighted by atomic mass is 19.4. The number of anilines is 2. The molecule has 0 radical (unpaired) electrons. The van der Waals surface area contributed by atoms with Crippen molar-refractivity contribution in [2.24, 2.45) is 16.7 Å².